The van der Waals surface area contributed by atoms with Crippen molar-refractivity contribution in [1.29, 1.82) is 0 Å². The predicted molar refractivity (Wildman–Crippen MR) is 113 cm³/mol. The molecule has 1 N–H and O–H groups in total. The molecule has 0 aliphatic heterocycles. The van der Waals surface area contributed by atoms with E-state index in [0.717, 1.165) is 23.5 Å². The van der Waals surface area contributed by atoms with E-state index in [4.69, 9.17) is 11.6 Å². The van der Waals surface area contributed by atoms with Crippen LogP contribution in [0.5, 0.6) is 0 Å². The number of benzene rings is 1. The molecule has 0 bridgehead atoms. The van der Waals surface area contributed by atoms with Gasteiger partial charge >= 0.3 is 5.69 Å². The zero-order valence-corrected chi connectivity index (χ0v) is 17.9. The van der Waals surface area contributed by atoms with E-state index in [-0.39, 0.29) is 16.7 Å². The molecule has 148 valence electrons. The van der Waals surface area contributed by atoms with Crippen LogP contribution in [-0.4, -0.2) is 30.4 Å². The minimum atomic E-state index is -0.370. The predicted octanol–water partition coefficient (Wildman–Crippen LogP) is 4.41. The van der Waals surface area contributed by atoms with Gasteiger partial charge in [-0.15, -0.1) is 5.10 Å². The summed E-state index contributed by atoms with van der Waals surface area (Å²) in [4.78, 5) is 25.0. The fraction of sp³-hybridized carbons (Fsp3) is 0.350. The number of hydrogen-bond donors (Lipinski definition) is 1. The summed E-state index contributed by atoms with van der Waals surface area (Å²) in [5.41, 5.74) is 3.24. The molecule has 2 aromatic heterocycles. The third-order valence-electron chi connectivity index (χ3n) is 4.60. The van der Waals surface area contributed by atoms with Crippen LogP contribution in [-0.2, 0) is 6.54 Å². The Kier molecular flexibility index (Phi) is 6.15. The van der Waals surface area contributed by atoms with Crippen LogP contribution in [0.1, 0.15) is 42.0 Å². The number of nitrogens with zero attached hydrogens (tertiary/aromatic N) is 3. The van der Waals surface area contributed by atoms with Gasteiger partial charge in [-0.25, -0.2) is 9.89 Å². The number of rotatable bonds is 7. The molecule has 8 heteroatoms. The number of thioether (sulfide) groups is 1. The van der Waals surface area contributed by atoms with Crippen molar-refractivity contribution in [2.75, 3.05) is 0 Å². The lowest BCUT2D eigenvalue weighted by atomic mass is 10.1. The van der Waals surface area contributed by atoms with Gasteiger partial charge in [0.05, 0.1) is 5.25 Å². The fourth-order valence-corrected chi connectivity index (χ4v) is 4.32. The van der Waals surface area contributed by atoms with Crippen LogP contribution >= 0.6 is 23.4 Å². The smallest absolute Gasteiger partial charge is 0.318 e. The second-order valence-corrected chi connectivity index (χ2v) is 8.43. The van der Waals surface area contributed by atoms with Gasteiger partial charge in [-0.05, 0) is 57.5 Å². The summed E-state index contributed by atoms with van der Waals surface area (Å²) in [7, 11) is 0. The van der Waals surface area contributed by atoms with E-state index < -0.39 is 0 Å². The molecule has 0 saturated heterocycles. The van der Waals surface area contributed by atoms with Crippen LogP contribution in [0.15, 0.2) is 40.3 Å². The molecule has 0 amide bonds. The van der Waals surface area contributed by atoms with Crippen LogP contribution in [0.2, 0.25) is 5.02 Å². The topological polar surface area (TPSA) is 72.7 Å². The molecular formula is C20H23ClN4O2S. The number of H-pyrrole nitrogens is 1. The molecule has 3 aromatic rings. The van der Waals surface area contributed by atoms with E-state index in [9.17, 15) is 9.59 Å². The van der Waals surface area contributed by atoms with Gasteiger partial charge in [-0.3, -0.25) is 9.36 Å². The fourth-order valence-electron chi connectivity index (χ4n) is 3.24. The zero-order valence-electron chi connectivity index (χ0n) is 16.3. The highest BCUT2D eigenvalue weighted by Gasteiger charge is 2.24. The van der Waals surface area contributed by atoms with Crippen molar-refractivity contribution in [3.8, 4) is 5.69 Å². The number of hydrogen-bond acceptors (Lipinski definition) is 4. The summed E-state index contributed by atoms with van der Waals surface area (Å²) >= 11 is 7.29. The highest BCUT2D eigenvalue weighted by Crippen LogP contribution is 2.28. The van der Waals surface area contributed by atoms with Crippen LogP contribution in [0.4, 0.5) is 0 Å². The van der Waals surface area contributed by atoms with Gasteiger partial charge in [0.1, 0.15) is 0 Å². The zero-order chi connectivity index (χ0) is 20.4. The number of carbonyl (C=O) groups excluding carboxylic acids is 1. The second-order valence-electron chi connectivity index (χ2n) is 6.68. The molecule has 0 aliphatic carbocycles. The number of aromatic nitrogens is 4. The lowest BCUT2D eigenvalue weighted by Crippen LogP contribution is -2.19. The first-order valence-electron chi connectivity index (χ1n) is 9.14. The molecule has 0 aliphatic rings. The van der Waals surface area contributed by atoms with E-state index in [2.05, 4.69) is 10.2 Å². The monoisotopic (exact) mass is 418 g/mol. The van der Waals surface area contributed by atoms with Crippen LogP contribution in [0.25, 0.3) is 5.69 Å². The van der Waals surface area contributed by atoms with Crippen LogP contribution in [0, 0.1) is 13.8 Å². The highest BCUT2D eigenvalue weighted by molar-refractivity contribution is 8.00. The summed E-state index contributed by atoms with van der Waals surface area (Å²) in [5, 5.41) is 7.38. The Bertz CT molecular complexity index is 1050. The Labute approximate surface area is 172 Å². The van der Waals surface area contributed by atoms with Crippen molar-refractivity contribution in [3.05, 3.63) is 62.8 Å². The average molecular weight is 419 g/mol. The number of halogens is 1. The molecule has 0 radical (unpaired) electrons. The van der Waals surface area contributed by atoms with Crippen molar-refractivity contribution >= 4 is 29.1 Å². The van der Waals surface area contributed by atoms with Gasteiger partial charge in [0.15, 0.2) is 10.9 Å². The molecular weight excluding hydrogens is 396 g/mol. The van der Waals surface area contributed by atoms with Crippen LogP contribution < -0.4 is 5.69 Å². The van der Waals surface area contributed by atoms with E-state index in [1.165, 1.54) is 11.8 Å². The van der Waals surface area contributed by atoms with Crippen LogP contribution in [0.3, 0.4) is 0 Å². The Morgan fingerprint density at radius 1 is 1.29 bits per heavy atom. The quantitative estimate of drug-likeness (QED) is 0.455. The molecule has 0 fully saturated rings. The first kappa shape index (κ1) is 20.5. The van der Waals surface area contributed by atoms with Gasteiger partial charge < -0.3 is 4.57 Å². The Hall–Kier alpha value is -2.25. The van der Waals surface area contributed by atoms with Gasteiger partial charge in [0.25, 0.3) is 0 Å². The number of carbonyl (C=O) groups is 1. The maximum atomic E-state index is 13.1. The molecule has 3 rings (SSSR count). The maximum Gasteiger partial charge on any atom is 0.343 e. The Balaban J connectivity index is 1.88. The minimum Gasteiger partial charge on any atom is -0.318 e. The van der Waals surface area contributed by atoms with E-state index in [0.29, 0.717) is 22.3 Å². The first-order valence-corrected chi connectivity index (χ1v) is 10.4. The van der Waals surface area contributed by atoms with E-state index >= 15 is 0 Å². The largest absolute Gasteiger partial charge is 0.343 e. The molecule has 2 heterocycles. The molecule has 1 aromatic carbocycles. The highest BCUT2D eigenvalue weighted by atomic mass is 35.5. The van der Waals surface area contributed by atoms with E-state index in [1.54, 1.807) is 4.57 Å². The van der Waals surface area contributed by atoms with Gasteiger partial charge in [-0.1, -0.05) is 30.3 Å². The third kappa shape index (κ3) is 3.95. The van der Waals surface area contributed by atoms with Crippen molar-refractivity contribution in [2.24, 2.45) is 0 Å². The molecule has 0 spiro atoms. The first-order chi connectivity index (χ1) is 13.3. The molecule has 28 heavy (non-hydrogen) atoms. The summed E-state index contributed by atoms with van der Waals surface area (Å²) in [6.45, 7) is 8.32. The summed E-state index contributed by atoms with van der Waals surface area (Å²) in [5.74, 6) is 0.0109. The number of ketones is 1. The molecule has 1 atom stereocenters. The summed E-state index contributed by atoms with van der Waals surface area (Å²) in [6, 6.07) is 9.44. The van der Waals surface area contributed by atoms with Crippen molar-refractivity contribution < 1.29 is 4.79 Å². The van der Waals surface area contributed by atoms with E-state index in [1.807, 2.05) is 62.6 Å². The minimum absolute atomic E-state index is 0.0109. The SMILES string of the molecule is CCCn1c(S[C@@H](C)C(=O)c2cc(C)n(-c3ccc(Cl)cc3)c2C)n[nH]c1=O. The van der Waals surface area contributed by atoms with Crippen molar-refractivity contribution in [2.45, 2.75) is 51.1 Å². The lowest BCUT2D eigenvalue weighted by molar-refractivity contribution is 0.0993. The summed E-state index contributed by atoms with van der Waals surface area (Å²) < 4.78 is 3.62. The standard InChI is InChI=1S/C20H23ClN4O2S/c1-5-10-24-19(27)22-23-20(24)28-14(4)18(26)17-11-12(2)25(13(17)3)16-8-6-15(21)7-9-16/h6-9,11,14H,5,10H2,1-4H3,(H,22,27)/t14-/m0/s1. The Morgan fingerprint density at radius 3 is 2.61 bits per heavy atom. The van der Waals surface area contributed by atoms with Gasteiger partial charge in [0.2, 0.25) is 0 Å². The Morgan fingerprint density at radius 2 is 1.96 bits per heavy atom. The number of Topliss-reactive ketones (excluding diaryl/α,β-unsaturated/α-hetero) is 1. The summed E-state index contributed by atoms with van der Waals surface area (Å²) in [6.07, 6.45) is 0.817. The second kappa shape index (κ2) is 8.41. The lowest BCUT2D eigenvalue weighted by Gasteiger charge is -2.12. The molecule has 6 nitrogen and oxygen atoms in total. The number of nitrogens with one attached hydrogen (secondary N) is 1. The third-order valence-corrected chi connectivity index (χ3v) is 5.95. The molecule has 0 saturated carbocycles. The number of aromatic amines is 1. The maximum absolute atomic E-state index is 13.1. The average Bonchev–Trinajstić information content (AvgIpc) is 3.15. The van der Waals surface area contributed by atoms with Crippen molar-refractivity contribution in [1.82, 2.24) is 19.3 Å². The number of aryl methyl sites for hydroxylation is 1. The molecule has 0 unspecified atom stereocenters. The normalized spacial score (nSPS) is 12.3. The van der Waals surface area contributed by atoms with Crippen molar-refractivity contribution in [3.63, 3.8) is 0 Å². The van der Waals surface area contributed by atoms with Gasteiger partial charge in [-0.2, -0.15) is 0 Å². The van der Waals surface area contributed by atoms with Gasteiger partial charge in [0, 0.05) is 34.2 Å².